The standard InChI is InChI=1S/C26H30N2O3S/c1-18-10-12-21(13-11-18)32(30,31)25-23-8-3-2-6-20(23)17-28(26(25)29)15-14-19-16-27-24-9-5-4-7-22(19)24/h4-5,7,9-13,16,20,23,25,27H,2-3,6,8,14-15,17H2,1H3/t20-,23-,25+/m1/s1. The maximum atomic E-state index is 13.7. The van der Waals surface area contributed by atoms with Gasteiger partial charge in [-0.15, -0.1) is 0 Å². The monoisotopic (exact) mass is 450 g/mol. The van der Waals surface area contributed by atoms with E-state index >= 15 is 0 Å². The number of aromatic amines is 1. The second-order valence-electron chi connectivity index (χ2n) is 9.38. The number of hydrogen-bond donors (Lipinski definition) is 1. The van der Waals surface area contributed by atoms with Crippen LogP contribution in [0.4, 0.5) is 0 Å². The Balaban J connectivity index is 1.43. The molecule has 168 valence electrons. The number of benzene rings is 2. The fourth-order valence-electron chi connectivity index (χ4n) is 5.63. The number of carbonyl (C=O) groups excluding carboxylic acids is 1. The van der Waals surface area contributed by atoms with Crippen LogP contribution in [0.25, 0.3) is 10.9 Å². The summed E-state index contributed by atoms with van der Waals surface area (Å²) < 4.78 is 27.3. The van der Waals surface area contributed by atoms with Gasteiger partial charge >= 0.3 is 0 Å². The summed E-state index contributed by atoms with van der Waals surface area (Å²) in [5, 5.41) is 0.198. The average molecular weight is 451 g/mol. The van der Waals surface area contributed by atoms with Crippen molar-refractivity contribution in [3.8, 4) is 0 Å². The third-order valence-corrected chi connectivity index (χ3v) is 9.53. The minimum atomic E-state index is -3.74. The quantitative estimate of drug-likeness (QED) is 0.622. The zero-order chi connectivity index (χ0) is 22.3. The van der Waals surface area contributed by atoms with Gasteiger partial charge in [-0.2, -0.15) is 0 Å². The second-order valence-corrected chi connectivity index (χ2v) is 11.5. The van der Waals surface area contributed by atoms with Crippen LogP contribution in [0.15, 0.2) is 59.6 Å². The highest BCUT2D eigenvalue weighted by molar-refractivity contribution is 7.92. The van der Waals surface area contributed by atoms with Gasteiger partial charge < -0.3 is 9.88 Å². The van der Waals surface area contributed by atoms with Crippen LogP contribution in [0.3, 0.4) is 0 Å². The molecule has 1 saturated heterocycles. The van der Waals surface area contributed by atoms with E-state index in [1.54, 1.807) is 12.1 Å². The number of fused-ring (bicyclic) bond motifs is 2. The summed E-state index contributed by atoms with van der Waals surface area (Å²) in [5.74, 6) is -0.0323. The van der Waals surface area contributed by atoms with E-state index in [0.717, 1.165) is 47.7 Å². The molecule has 0 bridgehead atoms. The molecule has 2 aromatic carbocycles. The van der Waals surface area contributed by atoms with Crippen LogP contribution in [-0.2, 0) is 21.1 Å². The highest BCUT2D eigenvalue weighted by Gasteiger charge is 2.50. The zero-order valence-electron chi connectivity index (χ0n) is 18.5. The van der Waals surface area contributed by atoms with Crippen LogP contribution in [0.1, 0.15) is 36.8 Å². The molecule has 5 rings (SSSR count). The van der Waals surface area contributed by atoms with Gasteiger partial charge in [-0.1, -0.05) is 48.7 Å². The molecule has 1 amide bonds. The molecule has 0 unspecified atom stereocenters. The van der Waals surface area contributed by atoms with E-state index in [2.05, 4.69) is 11.1 Å². The molecule has 32 heavy (non-hydrogen) atoms. The maximum absolute atomic E-state index is 13.7. The summed E-state index contributed by atoms with van der Waals surface area (Å²) in [5.41, 5.74) is 3.26. The van der Waals surface area contributed by atoms with Gasteiger partial charge in [-0.05, 0) is 61.8 Å². The molecule has 0 spiro atoms. The van der Waals surface area contributed by atoms with Gasteiger partial charge in [0.1, 0.15) is 5.25 Å². The molecular weight excluding hydrogens is 420 g/mol. The summed E-state index contributed by atoms with van der Waals surface area (Å²) in [7, 11) is -3.74. The molecule has 1 aromatic heterocycles. The molecule has 2 heterocycles. The first-order valence-electron chi connectivity index (χ1n) is 11.6. The predicted octanol–water partition coefficient (Wildman–Crippen LogP) is 4.51. The van der Waals surface area contributed by atoms with Crippen molar-refractivity contribution in [3.63, 3.8) is 0 Å². The number of aromatic nitrogens is 1. The van der Waals surface area contributed by atoms with Gasteiger partial charge in [0.05, 0.1) is 4.90 Å². The fourth-order valence-corrected chi connectivity index (χ4v) is 7.67. The predicted molar refractivity (Wildman–Crippen MR) is 126 cm³/mol. The molecule has 1 aliphatic heterocycles. The van der Waals surface area contributed by atoms with Crippen molar-refractivity contribution >= 4 is 26.6 Å². The molecule has 6 heteroatoms. The Morgan fingerprint density at radius 3 is 2.59 bits per heavy atom. The molecule has 1 N–H and O–H groups in total. The van der Waals surface area contributed by atoms with Crippen LogP contribution in [0, 0.1) is 18.8 Å². The molecule has 2 fully saturated rings. The van der Waals surface area contributed by atoms with Crippen molar-refractivity contribution in [1.29, 1.82) is 0 Å². The van der Waals surface area contributed by atoms with Crippen molar-refractivity contribution < 1.29 is 13.2 Å². The number of carbonyl (C=O) groups is 1. The van der Waals surface area contributed by atoms with Crippen LogP contribution >= 0.6 is 0 Å². The molecule has 1 saturated carbocycles. The maximum Gasteiger partial charge on any atom is 0.241 e. The van der Waals surface area contributed by atoms with E-state index in [9.17, 15) is 13.2 Å². The Morgan fingerprint density at radius 2 is 1.78 bits per heavy atom. The van der Waals surface area contributed by atoms with Gasteiger partial charge in [0.15, 0.2) is 9.84 Å². The molecular formula is C26H30N2O3S. The van der Waals surface area contributed by atoms with E-state index in [0.29, 0.717) is 19.5 Å². The highest BCUT2D eigenvalue weighted by atomic mass is 32.2. The topological polar surface area (TPSA) is 70.2 Å². The Hall–Kier alpha value is -2.60. The number of hydrogen-bond acceptors (Lipinski definition) is 3. The molecule has 1 aliphatic carbocycles. The summed E-state index contributed by atoms with van der Waals surface area (Å²) in [6.45, 7) is 3.15. The van der Waals surface area contributed by atoms with Gasteiger partial charge in [0, 0.05) is 30.2 Å². The Kier molecular flexibility index (Phi) is 5.58. The summed E-state index contributed by atoms with van der Waals surface area (Å²) in [6, 6.07) is 15.1. The normalized spacial score (nSPS) is 24.0. The van der Waals surface area contributed by atoms with Crippen molar-refractivity contribution in [3.05, 3.63) is 65.9 Å². The molecule has 5 nitrogen and oxygen atoms in total. The lowest BCUT2D eigenvalue weighted by Gasteiger charge is -2.45. The van der Waals surface area contributed by atoms with E-state index in [-0.39, 0.29) is 22.6 Å². The summed E-state index contributed by atoms with van der Waals surface area (Å²) in [4.78, 5) is 19.0. The van der Waals surface area contributed by atoms with E-state index in [1.165, 1.54) is 0 Å². The molecule has 0 radical (unpaired) electrons. The van der Waals surface area contributed by atoms with Crippen molar-refractivity contribution in [2.45, 2.75) is 49.2 Å². The third kappa shape index (κ3) is 3.75. The minimum absolute atomic E-state index is 0.0770. The Morgan fingerprint density at radius 1 is 1.03 bits per heavy atom. The van der Waals surface area contributed by atoms with Gasteiger partial charge in [-0.3, -0.25) is 4.79 Å². The second kappa shape index (κ2) is 8.39. The number of nitrogens with one attached hydrogen (secondary N) is 1. The minimum Gasteiger partial charge on any atom is -0.361 e. The number of likely N-dealkylation sites (tertiary alicyclic amines) is 1. The van der Waals surface area contributed by atoms with Crippen molar-refractivity contribution in [1.82, 2.24) is 9.88 Å². The summed E-state index contributed by atoms with van der Waals surface area (Å²) >= 11 is 0. The van der Waals surface area contributed by atoms with Gasteiger partial charge in [-0.25, -0.2) is 8.42 Å². The Bertz CT molecular complexity index is 1230. The number of sulfone groups is 1. The zero-order valence-corrected chi connectivity index (χ0v) is 19.3. The number of piperidine rings is 1. The lowest BCUT2D eigenvalue weighted by molar-refractivity contribution is -0.137. The summed E-state index contributed by atoms with van der Waals surface area (Å²) in [6.07, 6.45) is 6.66. The third-order valence-electron chi connectivity index (χ3n) is 7.38. The van der Waals surface area contributed by atoms with Crippen LogP contribution in [-0.4, -0.2) is 42.5 Å². The number of rotatable bonds is 5. The average Bonchev–Trinajstić information content (AvgIpc) is 3.21. The molecule has 3 aromatic rings. The number of aryl methyl sites for hydroxylation is 1. The largest absolute Gasteiger partial charge is 0.361 e. The first kappa shape index (κ1) is 21.3. The van der Waals surface area contributed by atoms with E-state index < -0.39 is 15.1 Å². The van der Waals surface area contributed by atoms with Crippen LogP contribution < -0.4 is 0 Å². The van der Waals surface area contributed by atoms with Crippen molar-refractivity contribution in [2.75, 3.05) is 13.1 Å². The lowest BCUT2D eigenvalue weighted by atomic mass is 9.74. The fraction of sp³-hybridized carbons (Fsp3) is 0.423. The number of para-hydroxylation sites is 1. The number of H-pyrrole nitrogens is 1. The van der Waals surface area contributed by atoms with Crippen molar-refractivity contribution in [2.24, 2.45) is 11.8 Å². The first-order chi connectivity index (χ1) is 15.4. The van der Waals surface area contributed by atoms with E-state index in [1.807, 2.05) is 48.4 Å². The van der Waals surface area contributed by atoms with Crippen LogP contribution in [0.5, 0.6) is 0 Å². The number of nitrogens with zero attached hydrogens (tertiary/aromatic N) is 1. The molecule has 2 aliphatic rings. The number of amides is 1. The SMILES string of the molecule is Cc1ccc(S(=O)(=O)[C@@H]2C(=O)N(CCc3c[nH]c4ccccc34)C[C@H]3CCCC[C@H]32)cc1. The van der Waals surface area contributed by atoms with Gasteiger partial charge in [0.25, 0.3) is 0 Å². The Labute approximate surface area is 189 Å². The highest BCUT2D eigenvalue weighted by Crippen LogP contribution is 2.41. The van der Waals surface area contributed by atoms with Crippen LogP contribution in [0.2, 0.25) is 0 Å². The molecule has 3 atom stereocenters. The first-order valence-corrected chi connectivity index (χ1v) is 13.1. The smallest absolute Gasteiger partial charge is 0.241 e. The van der Waals surface area contributed by atoms with E-state index in [4.69, 9.17) is 0 Å². The van der Waals surface area contributed by atoms with Gasteiger partial charge in [0.2, 0.25) is 5.91 Å². The lowest BCUT2D eigenvalue weighted by Crippen LogP contribution is -2.57.